The van der Waals surface area contributed by atoms with Crippen LogP contribution in [-0.2, 0) is 17.7 Å². The van der Waals surface area contributed by atoms with Crippen LogP contribution in [0, 0.1) is 0 Å². The van der Waals surface area contributed by atoms with Gasteiger partial charge in [0.1, 0.15) is 12.7 Å². The molecule has 2 aromatic heterocycles. The first-order valence-electron chi connectivity index (χ1n) is 12.4. The summed E-state index contributed by atoms with van der Waals surface area (Å²) in [5.41, 5.74) is 5.21. The Morgan fingerprint density at radius 1 is 1.14 bits per heavy atom. The molecule has 2 aromatic carbocycles. The van der Waals surface area contributed by atoms with E-state index < -0.39 is 0 Å². The second kappa shape index (κ2) is 10.3. The van der Waals surface area contributed by atoms with Gasteiger partial charge < -0.3 is 15.0 Å². The predicted octanol–water partition coefficient (Wildman–Crippen LogP) is 4.17. The lowest BCUT2D eigenvalue weighted by atomic mass is 10.0. The number of hydrogen-bond acceptors (Lipinski definition) is 7. The maximum atomic E-state index is 13.3. The van der Waals surface area contributed by atoms with Gasteiger partial charge in [0.05, 0.1) is 22.6 Å². The first-order valence-corrected chi connectivity index (χ1v) is 12.8. The molecule has 1 amide bonds. The molecule has 2 aliphatic rings. The van der Waals surface area contributed by atoms with Crippen LogP contribution in [0.3, 0.4) is 0 Å². The van der Waals surface area contributed by atoms with Gasteiger partial charge in [0.15, 0.2) is 0 Å². The van der Waals surface area contributed by atoms with Crippen molar-refractivity contribution in [2.75, 3.05) is 25.1 Å². The van der Waals surface area contributed by atoms with E-state index in [0.29, 0.717) is 35.3 Å². The minimum atomic E-state index is 0.0232. The summed E-state index contributed by atoms with van der Waals surface area (Å²) in [6.07, 6.45) is 7.36. The molecule has 0 spiro atoms. The fourth-order valence-electron chi connectivity index (χ4n) is 4.81. The molecular formula is C27H26ClN7O2. The number of nitrogens with zero attached hydrogens (tertiary/aromatic N) is 6. The van der Waals surface area contributed by atoms with Crippen molar-refractivity contribution in [2.24, 2.45) is 0 Å². The Morgan fingerprint density at radius 3 is 2.86 bits per heavy atom. The molecule has 0 saturated carbocycles. The number of hydrogen-bond donors (Lipinski definition) is 1. The Morgan fingerprint density at radius 2 is 2.03 bits per heavy atom. The third-order valence-electron chi connectivity index (χ3n) is 6.83. The van der Waals surface area contributed by atoms with Crippen LogP contribution in [0.1, 0.15) is 34.3 Å². The summed E-state index contributed by atoms with van der Waals surface area (Å²) in [6, 6.07) is 14.3. The molecule has 6 rings (SSSR count). The third kappa shape index (κ3) is 5.05. The molecule has 4 heterocycles. The van der Waals surface area contributed by atoms with E-state index in [1.807, 2.05) is 35.2 Å². The molecule has 2 aliphatic heterocycles. The van der Waals surface area contributed by atoms with Gasteiger partial charge in [-0.15, -0.1) is 0 Å². The fourth-order valence-corrected chi connectivity index (χ4v) is 5.01. The van der Waals surface area contributed by atoms with Gasteiger partial charge in [-0.2, -0.15) is 5.10 Å². The lowest BCUT2D eigenvalue weighted by Crippen LogP contribution is -2.28. The number of rotatable bonds is 7. The predicted molar refractivity (Wildman–Crippen MR) is 140 cm³/mol. The van der Waals surface area contributed by atoms with Crippen LogP contribution in [0.15, 0.2) is 61.3 Å². The summed E-state index contributed by atoms with van der Waals surface area (Å²) < 4.78 is 7.16. The average molecular weight is 516 g/mol. The van der Waals surface area contributed by atoms with Crippen molar-refractivity contribution < 1.29 is 9.53 Å². The molecule has 9 nitrogen and oxygen atoms in total. The second-order valence-corrected chi connectivity index (χ2v) is 9.69. The van der Waals surface area contributed by atoms with Crippen molar-refractivity contribution in [2.45, 2.75) is 31.8 Å². The van der Waals surface area contributed by atoms with Crippen molar-refractivity contribution in [3.8, 4) is 16.9 Å². The smallest absolute Gasteiger partial charge is 0.254 e. The van der Waals surface area contributed by atoms with Crippen molar-refractivity contribution in [3.63, 3.8) is 0 Å². The third-order valence-corrected chi connectivity index (χ3v) is 7.10. The SMILES string of the molecule is O=C1c2cc(-c3nc(NC4CCOCC4)ncc3Cl)ccc2CN1CCc1cccc(-n2cncn2)c1. The molecule has 1 N–H and O–H groups in total. The van der Waals surface area contributed by atoms with Crippen LogP contribution in [-0.4, -0.2) is 61.3 Å². The number of anilines is 1. The molecule has 1 fully saturated rings. The lowest BCUT2D eigenvalue weighted by Gasteiger charge is -2.23. The van der Waals surface area contributed by atoms with E-state index in [1.165, 1.54) is 6.33 Å². The first-order chi connectivity index (χ1) is 18.1. The van der Waals surface area contributed by atoms with Gasteiger partial charge >= 0.3 is 0 Å². The van der Waals surface area contributed by atoms with E-state index in [2.05, 4.69) is 37.5 Å². The summed E-state index contributed by atoms with van der Waals surface area (Å²) in [5, 5.41) is 8.03. The highest BCUT2D eigenvalue weighted by atomic mass is 35.5. The molecule has 0 radical (unpaired) electrons. The van der Waals surface area contributed by atoms with Crippen LogP contribution in [0.25, 0.3) is 16.9 Å². The van der Waals surface area contributed by atoms with Gasteiger partial charge in [-0.05, 0) is 48.6 Å². The summed E-state index contributed by atoms with van der Waals surface area (Å²) in [4.78, 5) is 28.2. The number of carbonyl (C=O) groups excluding carboxylic acids is 1. The molecule has 188 valence electrons. The molecule has 0 atom stereocenters. The zero-order valence-electron chi connectivity index (χ0n) is 20.2. The number of aromatic nitrogens is 5. The van der Waals surface area contributed by atoms with Crippen LogP contribution in [0.4, 0.5) is 5.95 Å². The molecular weight excluding hydrogens is 490 g/mol. The second-order valence-electron chi connectivity index (χ2n) is 9.28. The number of nitrogens with one attached hydrogen (secondary N) is 1. The first kappa shape index (κ1) is 23.6. The van der Waals surface area contributed by atoms with Gasteiger partial charge in [-0.25, -0.2) is 19.6 Å². The fraction of sp³-hybridized carbons (Fsp3) is 0.296. The standard InChI is InChI=1S/C27H26ClN7O2/c28-24-14-30-27(32-21-7-10-37-11-8-21)33-25(24)19-4-5-20-15-34(26(36)23(20)13-19)9-6-18-2-1-3-22(12-18)35-17-29-16-31-35/h1-5,12-14,16-17,21H,6-11,15H2,(H,30,32,33). The molecule has 0 unspecified atom stereocenters. The summed E-state index contributed by atoms with van der Waals surface area (Å²) >= 11 is 6.48. The van der Waals surface area contributed by atoms with Crippen LogP contribution in [0.5, 0.6) is 0 Å². The summed E-state index contributed by atoms with van der Waals surface area (Å²) in [7, 11) is 0. The Kier molecular flexibility index (Phi) is 6.55. The van der Waals surface area contributed by atoms with Gasteiger partial charge in [-0.1, -0.05) is 35.9 Å². The lowest BCUT2D eigenvalue weighted by molar-refractivity contribution is 0.0780. The number of carbonyl (C=O) groups is 1. The van der Waals surface area contributed by atoms with E-state index in [4.69, 9.17) is 16.3 Å². The minimum Gasteiger partial charge on any atom is -0.381 e. The molecule has 37 heavy (non-hydrogen) atoms. The van der Waals surface area contributed by atoms with Gasteiger partial charge in [0.25, 0.3) is 5.91 Å². The summed E-state index contributed by atoms with van der Waals surface area (Å²) in [6.45, 7) is 2.67. The van der Waals surface area contributed by atoms with Crippen LogP contribution in [0.2, 0.25) is 5.02 Å². The van der Waals surface area contributed by atoms with Crippen LogP contribution < -0.4 is 5.32 Å². The summed E-state index contributed by atoms with van der Waals surface area (Å²) in [5.74, 6) is 0.558. The van der Waals surface area contributed by atoms with Gasteiger partial charge in [0, 0.05) is 43.5 Å². The quantitative estimate of drug-likeness (QED) is 0.394. The number of ether oxygens (including phenoxy) is 1. The normalized spacial score (nSPS) is 15.7. The highest BCUT2D eigenvalue weighted by molar-refractivity contribution is 6.33. The van der Waals surface area contributed by atoms with Gasteiger partial charge in [0.2, 0.25) is 5.95 Å². The number of halogens is 1. The Balaban J connectivity index is 1.16. The number of amides is 1. The Labute approximate surface area is 219 Å². The highest BCUT2D eigenvalue weighted by Gasteiger charge is 2.28. The van der Waals surface area contributed by atoms with Gasteiger partial charge in [-0.3, -0.25) is 4.79 Å². The monoisotopic (exact) mass is 515 g/mol. The van der Waals surface area contributed by atoms with Crippen molar-refractivity contribution in [1.29, 1.82) is 0 Å². The largest absolute Gasteiger partial charge is 0.381 e. The van der Waals surface area contributed by atoms with Crippen molar-refractivity contribution >= 4 is 23.5 Å². The van der Waals surface area contributed by atoms with Crippen molar-refractivity contribution in [1.82, 2.24) is 29.6 Å². The highest BCUT2D eigenvalue weighted by Crippen LogP contribution is 2.32. The van der Waals surface area contributed by atoms with Crippen molar-refractivity contribution in [3.05, 3.63) is 83.0 Å². The van der Waals surface area contributed by atoms with E-state index >= 15 is 0 Å². The van der Waals surface area contributed by atoms with E-state index in [9.17, 15) is 4.79 Å². The zero-order valence-corrected chi connectivity index (χ0v) is 20.9. The molecule has 0 aliphatic carbocycles. The Bertz CT molecular complexity index is 1420. The average Bonchev–Trinajstić information content (AvgIpc) is 3.58. The molecule has 10 heteroatoms. The van der Waals surface area contributed by atoms with E-state index in [0.717, 1.165) is 54.9 Å². The minimum absolute atomic E-state index is 0.0232. The topological polar surface area (TPSA) is 98.1 Å². The maximum Gasteiger partial charge on any atom is 0.254 e. The van der Waals surface area contributed by atoms with E-state index in [1.54, 1.807) is 17.2 Å². The van der Waals surface area contributed by atoms with E-state index in [-0.39, 0.29) is 11.9 Å². The maximum absolute atomic E-state index is 13.3. The number of fused-ring (bicyclic) bond motifs is 1. The molecule has 4 aromatic rings. The van der Waals surface area contributed by atoms with Crippen LogP contribution >= 0.6 is 11.6 Å². The number of benzene rings is 2. The molecule has 1 saturated heterocycles. The Hall–Kier alpha value is -3.82. The molecule has 0 bridgehead atoms. The zero-order chi connectivity index (χ0) is 25.2.